The van der Waals surface area contributed by atoms with Crippen molar-refractivity contribution in [1.29, 1.82) is 0 Å². The Labute approximate surface area is 74.9 Å². The van der Waals surface area contributed by atoms with Crippen molar-refractivity contribution in [2.24, 2.45) is 11.3 Å². The second-order valence-electron chi connectivity index (χ2n) is 4.01. The van der Waals surface area contributed by atoms with Crippen LogP contribution < -0.4 is 0 Å². The molecule has 0 bridgehead atoms. The zero-order valence-corrected chi connectivity index (χ0v) is 8.18. The van der Waals surface area contributed by atoms with E-state index in [1.165, 1.54) is 12.8 Å². The van der Waals surface area contributed by atoms with E-state index in [9.17, 15) is 5.11 Å². The Morgan fingerprint density at radius 2 is 2.33 bits per heavy atom. The number of hydrogen-bond donors (Lipinski definition) is 1. The number of aliphatic hydroxyl groups excluding tert-OH is 1. The van der Waals surface area contributed by atoms with Crippen LogP contribution in [0.3, 0.4) is 0 Å². The smallest absolute Gasteiger partial charge is 0.0547 e. The van der Waals surface area contributed by atoms with Crippen molar-refractivity contribution in [3.05, 3.63) is 0 Å². The molecule has 0 aliphatic carbocycles. The molecule has 1 N–H and O–H groups in total. The van der Waals surface area contributed by atoms with Gasteiger partial charge in [-0.05, 0) is 12.3 Å². The van der Waals surface area contributed by atoms with Gasteiger partial charge in [-0.2, -0.15) is 0 Å². The Morgan fingerprint density at radius 3 is 2.75 bits per heavy atom. The highest BCUT2D eigenvalue weighted by Crippen LogP contribution is 2.38. The van der Waals surface area contributed by atoms with Crippen LogP contribution in [0.4, 0.5) is 0 Å². The summed E-state index contributed by atoms with van der Waals surface area (Å²) in [7, 11) is 0. The van der Waals surface area contributed by atoms with Gasteiger partial charge in [0.05, 0.1) is 13.2 Å². The Hall–Kier alpha value is -0.0800. The lowest BCUT2D eigenvalue weighted by Crippen LogP contribution is -2.33. The van der Waals surface area contributed by atoms with E-state index < -0.39 is 0 Å². The first-order valence-corrected chi connectivity index (χ1v) is 4.94. The summed E-state index contributed by atoms with van der Waals surface area (Å²) >= 11 is 0. The van der Waals surface area contributed by atoms with E-state index in [4.69, 9.17) is 4.74 Å². The Kier molecular flexibility index (Phi) is 3.53. The predicted octanol–water partition coefficient (Wildman–Crippen LogP) is 1.82. The molecule has 2 nitrogen and oxygen atoms in total. The van der Waals surface area contributed by atoms with Gasteiger partial charge in [0.15, 0.2) is 0 Å². The van der Waals surface area contributed by atoms with E-state index in [2.05, 4.69) is 13.8 Å². The lowest BCUT2D eigenvalue weighted by Gasteiger charge is -2.31. The second-order valence-corrected chi connectivity index (χ2v) is 4.01. The predicted molar refractivity (Wildman–Crippen MR) is 49.0 cm³/mol. The normalized spacial score (nSPS) is 32.2. The molecule has 0 amide bonds. The summed E-state index contributed by atoms with van der Waals surface area (Å²) in [5.41, 5.74) is 0.0794. The third kappa shape index (κ3) is 1.80. The van der Waals surface area contributed by atoms with E-state index >= 15 is 0 Å². The molecular weight excluding hydrogens is 152 g/mol. The molecule has 0 saturated carbocycles. The van der Waals surface area contributed by atoms with Gasteiger partial charge in [-0.25, -0.2) is 0 Å². The average molecular weight is 172 g/mol. The Morgan fingerprint density at radius 1 is 1.58 bits per heavy atom. The van der Waals surface area contributed by atoms with Crippen LogP contribution >= 0.6 is 0 Å². The summed E-state index contributed by atoms with van der Waals surface area (Å²) in [5.74, 6) is 0.593. The summed E-state index contributed by atoms with van der Waals surface area (Å²) in [6, 6.07) is 0. The standard InChI is InChI=1S/C10H20O2/c1-3-4-9(2)10(7-11)5-6-12-8-10/h9,11H,3-8H2,1-2H3. The van der Waals surface area contributed by atoms with Gasteiger partial charge in [0.1, 0.15) is 0 Å². The minimum atomic E-state index is 0.0794. The molecule has 1 heterocycles. The van der Waals surface area contributed by atoms with Gasteiger partial charge in [-0.15, -0.1) is 0 Å². The molecule has 2 heteroatoms. The molecule has 1 fully saturated rings. The average Bonchev–Trinajstić information content (AvgIpc) is 2.54. The molecule has 0 aromatic carbocycles. The Balaban J connectivity index is 2.52. The minimum Gasteiger partial charge on any atom is -0.396 e. The number of rotatable bonds is 4. The first kappa shape index (κ1) is 10.0. The number of hydrogen-bond acceptors (Lipinski definition) is 2. The molecule has 0 aromatic heterocycles. The highest BCUT2D eigenvalue weighted by Gasteiger charge is 2.38. The van der Waals surface area contributed by atoms with Crippen LogP contribution in [0.5, 0.6) is 0 Å². The van der Waals surface area contributed by atoms with Gasteiger partial charge in [0.2, 0.25) is 0 Å². The largest absolute Gasteiger partial charge is 0.396 e. The van der Waals surface area contributed by atoms with Crippen LogP contribution in [0.25, 0.3) is 0 Å². The van der Waals surface area contributed by atoms with Crippen LogP contribution in [-0.2, 0) is 4.74 Å². The lowest BCUT2D eigenvalue weighted by atomic mass is 9.74. The van der Waals surface area contributed by atoms with Gasteiger partial charge in [0.25, 0.3) is 0 Å². The summed E-state index contributed by atoms with van der Waals surface area (Å²) in [5, 5.41) is 9.33. The monoisotopic (exact) mass is 172 g/mol. The summed E-state index contributed by atoms with van der Waals surface area (Å²) in [6.07, 6.45) is 3.43. The second kappa shape index (κ2) is 4.24. The highest BCUT2D eigenvalue weighted by molar-refractivity contribution is 4.86. The van der Waals surface area contributed by atoms with Crippen molar-refractivity contribution in [2.75, 3.05) is 19.8 Å². The first-order valence-electron chi connectivity index (χ1n) is 4.94. The molecule has 1 rings (SSSR count). The maximum atomic E-state index is 9.33. The van der Waals surface area contributed by atoms with Crippen LogP contribution in [0.2, 0.25) is 0 Å². The van der Waals surface area contributed by atoms with Gasteiger partial charge in [0, 0.05) is 12.0 Å². The highest BCUT2D eigenvalue weighted by atomic mass is 16.5. The SMILES string of the molecule is CCCC(C)C1(CO)CCOC1. The third-order valence-corrected chi connectivity index (χ3v) is 3.22. The van der Waals surface area contributed by atoms with Crippen molar-refractivity contribution in [3.8, 4) is 0 Å². The molecular formula is C10H20O2. The summed E-state index contributed by atoms with van der Waals surface area (Å²) < 4.78 is 5.36. The summed E-state index contributed by atoms with van der Waals surface area (Å²) in [6.45, 7) is 6.29. The zero-order valence-electron chi connectivity index (χ0n) is 8.18. The fourth-order valence-electron chi connectivity index (χ4n) is 2.03. The fraction of sp³-hybridized carbons (Fsp3) is 1.00. The summed E-state index contributed by atoms with van der Waals surface area (Å²) in [4.78, 5) is 0. The number of ether oxygens (including phenoxy) is 1. The molecule has 1 aliphatic heterocycles. The van der Waals surface area contributed by atoms with Crippen LogP contribution in [0, 0.1) is 11.3 Å². The first-order chi connectivity index (χ1) is 5.75. The van der Waals surface area contributed by atoms with E-state index in [0.717, 1.165) is 19.6 Å². The van der Waals surface area contributed by atoms with E-state index in [1.807, 2.05) is 0 Å². The van der Waals surface area contributed by atoms with Gasteiger partial charge < -0.3 is 9.84 Å². The van der Waals surface area contributed by atoms with E-state index in [-0.39, 0.29) is 12.0 Å². The maximum absolute atomic E-state index is 9.33. The number of aliphatic hydroxyl groups is 1. The Bertz CT molecular complexity index is 128. The molecule has 0 spiro atoms. The van der Waals surface area contributed by atoms with Crippen molar-refractivity contribution in [3.63, 3.8) is 0 Å². The molecule has 1 aliphatic rings. The van der Waals surface area contributed by atoms with E-state index in [0.29, 0.717) is 5.92 Å². The van der Waals surface area contributed by atoms with Crippen LogP contribution in [-0.4, -0.2) is 24.9 Å². The quantitative estimate of drug-likeness (QED) is 0.701. The molecule has 2 atom stereocenters. The molecule has 12 heavy (non-hydrogen) atoms. The molecule has 2 unspecified atom stereocenters. The topological polar surface area (TPSA) is 29.5 Å². The van der Waals surface area contributed by atoms with E-state index in [1.54, 1.807) is 0 Å². The lowest BCUT2D eigenvalue weighted by molar-refractivity contribution is 0.0466. The van der Waals surface area contributed by atoms with Gasteiger partial charge in [-0.1, -0.05) is 26.7 Å². The van der Waals surface area contributed by atoms with Gasteiger partial charge >= 0.3 is 0 Å². The third-order valence-electron chi connectivity index (χ3n) is 3.22. The molecule has 72 valence electrons. The fourth-order valence-corrected chi connectivity index (χ4v) is 2.03. The van der Waals surface area contributed by atoms with Crippen molar-refractivity contribution < 1.29 is 9.84 Å². The van der Waals surface area contributed by atoms with Crippen molar-refractivity contribution in [2.45, 2.75) is 33.1 Å². The molecule has 1 saturated heterocycles. The van der Waals surface area contributed by atoms with Crippen molar-refractivity contribution in [1.82, 2.24) is 0 Å². The van der Waals surface area contributed by atoms with Crippen molar-refractivity contribution >= 4 is 0 Å². The molecule has 0 radical (unpaired) electrons. The zero-order chi connectivity index (χ0) is 9.03. The van der Waals surface area contributed by atoms with Crippen LogP contribution in [0.1, 0.15) is 33.1 Å². The minimum absolute atomic E-state index is 0.0794. The van der Waals surface area contributed by atoms with Crippen LogP contribution in [0.15, 0.2) is 0 Å². The maximum Gasteiger partial charge on any atom is 0.0547 e. The van der Waals surface area contributed by atoms with Gasteiger partial charge in [-0.3, -0.25) is 0 Å². The molecule has 0 aromatic rings.